The molecule has 0 radical (unpaired) electrons. The zero-order valence-corrected chi connectivity index (χ0v) is 8.88. The molecule has 2 atom stereocenters. The molecule has 4 heteroatoms. The Morgan fingerprint density at radius 3 is 2.20 bits per heavy atom. The van der Waals surface area contributed by atoms with Gasteiger partial charge in [-0.25, -0.2) is 0 Å². The lowest BCUT2D eigenvalue weighted by atomic mass is 9.94. The van der Waals surface area contributed by atoms with Gasteiger partial charge in [0.15, 0.2) is 11.5 Å². The van der Waals surface area contributed by atoms with Gasteiger partial charge in [-0.3, -0.25) is 0 Å². The van der Waals surface area contributed by atoms with Crippen LogP contribution in [0.3, 0.4) is 0 Å². The van der Waals surface area contributed by atoms with Gasteiger partial charge in [-0.15, -0.1) is 0 Å². The van der Waals surface area contributed by atoms with Crippen LogP contribution in [0.2, 0.25) is 0 Å². The maximum Gasteiger partial charge on any atom is 0.157 e. The van der Waals surface area contributed by atoms with E-state index in [4.69, 9.17) is 10.8 Å². The summed E-state index contributed by atoms with van der Waals surface area (Å²) in [4.78, 5) is 0. The van der Waals surface area contributed by atoms with Crippen LogP contribution in [0.15, 0.2) is 18.2 Å². The van der Waals surface area contributed by atoms with Crippen LogP contribution in [-0.4, -0.2) is 21.4 Å². The first-order valence-corrected chi connectivity index (χ1v) is 4.89. The van der Waals surface area contributed by atoms with Crippen LogP contribution in [-0.2, 0) is 0 Å². The maximum atomic E-state index is 9.86. The zero-order valence-electron chi connectivity index (χ0n) is 8.88. The molecule has 15 heavy (non-hydrogen) atoms. The number of rotatable bonds is 3. The Kier molecular flexibility index (Phi) is 3.55. The predicted octanol–water partition coefficient (Wildman–Crippen LogP) is 1.11. The molecule has 1 aromatic carbocycles. The van der Waals surface area contributed by atoms with E-state index in [9.17, 15) is 10.2 Å². The summed E-state index contributed by atoms with van der Waals surface area (Å²) in [5.74, 6) is -0.317. The minimum Gasteiger partial charge on any atom is -0.504 e. The van der Waals surface area contributed by atoms with Crippen molar-refractivity contribution >= 4 is 0 Å². The summed E-state index contributed by atoms with van der Waals surface area (Å²) in [6.45, 7) is 3.82. The third kappa shape index (κ3) is 2.61. The predicted molar refractivity (Wildman–Crippen MR) is 57.5 cm³/mol. The van der Waals surface area contributed by atoms with E-state index in [1.165, 1.54) is 12.1 Å². The van der Waals surface area contributed by atoms with E-state index < -0.39 is 12.1 Å². The molecule has 0 heterocycles. The number of hydrogen-bond donors (Lipinski definition) is 4. The quantitative estimate of drug-likeness (QED) is 0.564. The fourth-order valence-corrected chi connectivity index (χ4v) is 1.31. The van der Waals surface area contributed by atoms with Gasteiger partial charge in [-0.05, 0) is 23.6 Å². The highest BCUT2D eigenvalue weighted by Gasteiger charge is 2.20. The first-order chi connectivity index (χ1) is 6.93. The first kappa shape index (κ1) is 11.8. The topological polar surface area (TPSA) is 86.7 Å². The molecule has 5 N–H and O–H groups in total. The molecule has 84 valence electrons. The second-order valence-corrected chi connectivity index (χ2v) is 4.01. The van der Waals surface area contributed by atoms with Crippen molar-refractivity contribution in [2.45, 2.75) is 26.0 Å². The van der Waals surface area contributed by atoms with Gasteiger partial charge in [0.25, 0.3) is 0 Å². The number of benzene rings is 1. The standard InChI is InChI=1S/C11H17NO3/c1-6(2)10(12)11(15)7-3-4-8(13)9(14)5-7/h3-6,10-11,13-15H,12H2,1-2H3. The third-order valence-electron chi connectivity index (χ3n) is 2.48. The Balaban J connectivity index is 2.91. The molecule has 0 aliphatic heterocycles. The van der Waals surface area contributed by atoms with E-state index in [0.29, 0.717) is 5.56 Å². The van der Waals surface area contributed by atoms with Crippen LogP contribution in [0.25, 0.3) is 0 Å². The normalized spacial score (nSPS) is 15.3. The minimum atomic E-state index is -0.837. The van der Waals surface area contributed by atoms with Crippen molar-refractivity contribution < 1.29 is 15.3 Å². The summed E-state index contributed by atoms with van der Waals surface area (Å²) in [6.07, 6.45) is -0.837. The largest absolute Gasteiger partial charge is 0.504 e. The lowest BCUT2D eigenvalue weighted by Gasteiger charge is -2.22. The molecule has 0 saturated heterocycles. The smallest absolute Gasteiger partial charge is 0.157 e. The van der Waals surface area contributed by atoms with Crippen molar-refractivity contribution in [3.05, 3.63) is 23.8 Å². The Morgan fingerprint density at radius 2 is 1.73 bits per heavy atom. The average Bonchev–Trinajstić information content (AvgIpc) is 2.19. The number of aromatic hydroxyl groups is 2. The number of aliphatic hydroxyl groups excluding tert-OH is 1. The van der Waals surface area contributed by atoms with E-state index in [2.05, 4.69) is 0 Å². The lowest BCUT2D eigenvalue weighted by Crippen LogP contribution is -2.33. The highest BCUT2D eigenvalue weighted by atomic mass is 16.3. The molecule has 1 aromatic rings. The van der Waals surface area contributed by atoms with Crippen molar-refractivity contribution in [2.75, 3.05) is 0 Å². The summed E-state index contributed by atoms with van der Waals surface area (Å²) >= 11 is 0. The van der Waals surface area contributed by atoms with Gasteiger partial charge in [-0.1, -0.05) is 19.9 Å². The Morgan fingerprint density at radius 1 is 1.13 bits per heavy atom. The fraction of sp³-hybridized carbons (Fsp3) is 0.455. The summed E-state index contributed by atoms with van der Waals surface area (Å²) in [7, 11) is 0. The number of hydrogen-bond acceptors (Lipinski definition) is 4. The lowest BCUT2D eigenvalue weighted by molar-refractivity contribution is 0.125. The Labute approximate surface area is 89.0 Å². The second-order valence-electron chi connectivity index (χ2n) is 4.01. The number of nitrogens with two attached hydrogens (primary N) is 1. The molecule has 0 bridgehead atoms. The average molecular weight is 211 g/mol. The van der Waals surface area contributed by atoms with Gasteiger partial charge in [0, 0.05) is 6.04 Å². The van der Waals surface area contributed by atoms with Crippen molar-refractivity contribution in [2.24, 2.45) is 11.7 Å². The SMILES string of the molecule is CC(C)C(N)C(O)c1ccc(O)c(O)c1. The molecular weight excluding hydrogens is 194 g/mol. The van der Waals surface area contributed by atoms with Crippen LogP contribution >= 0.6 is 0 Å². The van der Waals surface area contributed by atoms with Crippen LogP contribution in [0.1, 0.15) is 25.5 Å². The molecule has 0 aliphatic carbocycles. The highest BCUT2D eigenvalue weighted by molar-refractivity contribution is 5.41. The molecule has 0 amide bonds. The summed E-state index contributed by atoms with van der Waals surface area (Å²) in [5.41, 5.74) is 6.29. The van der Waals surface area contributed by atoms with Gasteiger partial charge < -0.3 is 21.1 Å². The van der Waals surface area contributed by atoms with E-state index in [-0.39, 0.29) is 17.4 Å². The van der Waals surface area contributed by atoms with Crippen molar-refractivity contribution in [1.82, 2.24) is 0 Å². The third-order valence-corrected chi connectivity index (χ3v) is 2.48. The van der Waals surface area contributed by atoms with Gasteiger partial charge >= 0.3 is 0 Å². The van der Waals surface area contributed by atoms with Gasteiger partial charge in [0.05, 0.1) is 6.10 Å². The molecule has 0 fully saturated rings. The molecule has 1 rings (SSSR count). The first-order valence-electron chi connectivity index (χ1n) is 4.89. The van der Waals surface area contributed by atoms with E-state index >= 15 is 0 Å². The van der Waals surface area contributed by atoms with E-state index in [0.717, 1.165) is 0 Å². The van der Waals surface area contributed by atoms with Crippen LogP contribution in [0.5, 0.6) is 11.5 Å². The highest BCUT2D eigenvalue weighted by Crippen LogP contribution is 2.29. The van der Waals surface area contributed by atoms with Crippen molar-refractivity contribution in [1.29, 1.82) is 0 Å². The summed E-state index contributed by atoms with van der Waals surface area (Å²) in [6, 6.07) is 3.81. The number of aliphatic hydroxyl groups is 1. The van der Waals surface area contributed by atoms with E-state index in [1.54, 1.807) is 6.07 Å². The van der Waals surface area contributed by atoms with Crippen LogP contribution in [0, 0.1) is 5.92 Å². The monoisotopic (exact) mass is 211 g/mol. The Hall–Kier alpha value is -1.26. The minimum absolute atomic E-state index is 0.135. The van der Waals surface area contributed by atoms with Gasteiger partial charge in [-0.2, -0.15) is 0 Å². The molecule has 0 spiro atoms. The molecule has 0 aromatic heterocycles. The molecule has 4 nitrogen and oxygen atoms in total. The fourth-order valence-electron chi connectivity index (χ4n) is 1.31. The summed E-state index contributed by atoms with van der Waals surface area (Å²) < 4.78 is 0. The Bertz CT molecular complexity index is 339. The number of phenolic OH excluding ortho intramolecular Hbond substituents is 2. The van der Waals surface area contributed by atoms with Crippen LogP contribution < -0.4 is 5.73 Å². The second kappa shape index (κ2) is 4.51. The van der Waals surface area contributed by atoms with Gasteiger partial charge in [0.1, 0.15) is 0 Å². The van der Waals surface area contributed by atoms with E-state index in [1.807, 2.05) is 13.8 Å². The zero-order chi connectivity index (χ0) is 11.6. The van der Waals surface area contributed by atoms with Crippen molar-refractivity contribution in [3.8, 4) is 11.5 Å². The van der Waals surface area contributed by atoms with Crippen LogP contribution in [0.4, 0.5) is 0 Å². The molecule has 0 aliphatic rings. The van der Waals surface area contributed by atoms with Gasteiger partial charge in [0.2, 0.25) is 0 Å². The molecular formula is C11H17NO3. The van der Waals surface area contributed by atoms with Crippen molar-refractivity contribution in [3.63, 3.8) is 0 Å². The summed E-state index contributed by atoms with van der Waals surface area (Å²) in [5, 5.41) is 28.2. The number of phenols is 2. The molecule has 2 unspecified atom stereocenters. The molecule has 0 saturated carbocycles. The maximum absolute atomic E-state index is 9.86.